The van der Waals surface area contributed by atoms with Crippen molar-refractivity contribution in [3.63, 3.8) is 0 Å². The van der Waals surface area contributed by atoms with E-state index in [0.717, 1.165) is 30.8 Å². The molecule has 1 aliphatic heterocycles. The van der Waals surface area contributed by atoms with Crippen LogP contribution in [0.15, 0.2) is 36.5 Å². The number of aromatic nitrogens is 1. The van der Waals surface area contributed by atoms with Gasteiger partial charge >= 0.3 is 0 Å². The van der Waals surface area contributed by atoms with E-state index in [1.54, 1.807) is 6.20 Å². The zero-order valence-electron chi connectivity index (χ0n) is 14.1. The Balaban J connectivity index is 1.68. The lowest BCUT2D eigenvalue weighted by atomic mass is 10.1. The molecule has 24 heavy (non-hydrogen) atoms. The molecule has 5 heteroatoms. The van der Waals surface area contributed by atoms with Gasteiger partial charge in [0.2, 0.25) is 0 Å². The molecule has 0 saturated carbocycles. The first-order valence-corrected chi connectivity index (χ1v) is 8.41. The van der Waals surface area contributed by atoms with Crippen molar-refractivity contribution in [3.8, 4) is 0 Å². The Labute approximate surface area is 142 Å². The van der Waals surface area contributed by atoms with Gasteiger partial charge in [-0.2, -0.15) is 0 Å². The third kappa shape index (κ3) is 3.74. The second-order valence-corrected chi connectivity index (χ2v) is 6.01. The standard InChI is InChI=1S/C19H23N3O2/c1-3-14-7-4-6-13(2)18(14)22-17-10-9-15(12-20-17)21-19(23)16-8-5-11-24-16/h4,6-7,9-10,12,16H,3,5,8,11H2,1-2H3,(H,20,22)(H,21,23). The van der Waals surface area contributed by atoms with E-state index in [2.05, 4.69) is 47.7 Å². The molecule has 0 spiro atoms. The molecule has 1 amide bonds. The molecule has 0 aliphatic carbocycles. The molecule has 1 fully saturated rings. The van der Waals surface area contributed by atoms with Crippen molar-refractivity contribution in [1.29, 1.82) is 0 Å². The second-order valence-electron chi connectivity index (χ2n) is 6.01. The average molecular weight is 325 g/mol. The monoisotopic (exact) mass is 325 g/mol. The Bertz CT molecular complexity index is 707. The molecule has 2 heterocycles. The van der Waals surface area contributed by atoms with Gasteiger partial charge in [0, 0.05) is 12.3 Å². The highest BCUT2D eigenvalue weighted by atomic mass is 16.5. The van der Waals surface area contributed by atoms with E-state index in [9.17, 15) is 4.79 Å². The molecule has 0 bridgehead atoms. The Morgan fingerprint density at radius 2 is 2.21 bits per heavy atom. The predicted octanol–water partition coefficient (Wildman–Crippen LogP) is 3.81. The number of rotatable bonds is 5. The van der Waals surface area contributed by atoms with Crippen molar-refractivity contribution in [2.45, 2.75) is 39.2 Å². The smallest absolute Gasteiger partial charge is 0.253 e. The zero-order chi connectivity index (χ0) is 16.9. The van der Waals surface area contributed by atoms with Crippen LogP contribution in [-0.4, -0.2) is 23.6 Å². The molecule has 1 unspecified atom stereocenters. The highest BCUT2D eigenvalue weighted by Crippen LogP contribution is 2.25. The lowest BCUT2D eigenvalue weighted by molar-refractivity contribution is -0.124. The third-order valence-electron chi connectivity index (χ3n) is 4.25. The van der Waals surface area contributed by atoms with Gasteiger partial charge in [-0.3, -0.25) is 4.79 Å². The maximum Gasteiger partial charge on any atom is 0.253 e. The molecule has 1 aromatic carbocycles. The largest absolute Gasteiger partial charge is 0.368 e. The average Bonchev–Trinajstić information content (AvgIpc) is 3.13. The summed E-state index contributed by atoms with van der Waals surface area (Å²) in [5.74, 6) is 0.663. The molecule has 5 nitrogen and oxygen atoms in total. The van der Waals surface area contributed by atoms with Gasteiger partial charge in [0.25, 0.3) is 5.91 Å². The molecule has 3 rings (SSSR count). The maximum absolute atomic E-state index is 12.0. The second kappa shape index (κ2) is 7.45. The van der Waals surface area contributed by atoms with E-state index >= 15 is 0 Å². The third-order valence-corrected chi connectivity index (χ3v) is 4.25. The Morgan fingerprint density at radius 1 is 1.33 bits per heavy atom. The maximum atomic E-state index is 12.0. The van der Waals surface area contributed by atoms with Gasteiger partial charge in [0.15, 0.2) is 0 Å². The zero-order valence-corrected chi connectivity index (χ0v) is 14.1. The SMILES string of the molecule is CCc1cccc(C)c1Nc1ccc(NC(=O)C2CCCO2)cn1. The summed E-state index contributed by atoms with van der Waals surface area (Å²) < 4.78 is 5.38. The van der Waals surface area contributed by atoms with Crippen molar-refractivity contribution >= 4 is 23.1 Å². The first-order chi connectivity index (χ1) is 11.7. The highest BCUT2D eigenvalue weighted by Gasteiger charge is 2.23. The lowest BCUT2D eigenvalue weighted by Crippen LogP contribution is -2.26. The normalized spacial score (nSPS) is 16.8. The number of amides is 1. The van der Waals surface area contributed by atoms with Crippen LogP contribution in [0.1, 0.15) is 30.9 Å². The summed E-state index contributed by atoms with van der Waals surface area (Å²) in [4.78, 5) is 16.4. The Kier molecular flexibility index (Phi) is 5.11. The Morgan fingerprint density at radius 3 is 2.88 bits per heavy atom. The number of benzene rings is 1. The fourth-order valence-corrected chi connectivity index (χ4v) is 2.88. The fourth-order valence-electron chi connectivity index (χ4n) is 2.88. The van der Waals surface area contributed by atoms with E-state index in [4.69, 9.17) is 4.74 Å². The van der Waals surface area contributed by atoms with Crippen molar-refractivity contribution in [2.75, 3.05) is 17.2 Å². The van der Waals surface area contributed by atoms with Gasteiger partial charge < -0.3 is 15.4 Å². The number of hydrogen-bond donors (Lipinski definition) is 2. The lowest BCUT2D eigenvalue weighted by Gasteiger charge is -2.14. The number of pyridine rings is 1. The molecular weight excluding hydrogens is 302 g/mol. The Hall–Kier alpha value is -2.40. The number of ether oxygens (including phenoxy) is 1. The van der Waals surface area contributed by atoms with E-state index in [-0.39, 0.29) is 12.0 Å². The molecule has 1 aliphatic rings. The van der Waals surface area contributed by atoms with Crippen molar-refractivity contribution in [3.05, 3.63) is 47.7 Å². The highest BCUT2D eigenvalue weighted by molar-refractivity contribution is 5.94. The molecule has 0 radical (unpaired) electrons. The number of para-hydroxylation sites is 1. The van der Waals surface area contributed by atoms with Gasteiger partial charge in [-0.1, -0.05) is 25.1 Å². The predicted molar refractivity (Wildman–Crippen MR) is 95.7 cm³/mol. The van der Waals surface area contributed by atoms with Gasteiger partial charge in [0.05, 0.1) is 11.9 Å². The van der Waals surface area contributed by atoms with E-state index < -0.39 is 0 Å². The van der Waals surface area contributed by atoms with Gasteiger partial charge in [-0.05, 0) is 49.4 Å². The van der Waals surface area contributed by atoms with Crippen LogP contribution in [0.4, 0.5) is 17.2 Å². The minimum Gasteiger partial charge on any atom is -0.368 e. The number of aryl methyl sites for hydroxylation is 2. The van der Waals surface area contributed by atoms with Gasteiger partial charge in [-0.25, -0.2) is 4.98 Å². The van der Waals surface area contributed by atoms with Gasteiger partial charge in [-0.15, -0.1) is 0 Å². The van der Waals surface area contributed by atoms with Crippen LogP contribution in [0.3, 0.4) is 0 Å². The van der Waals surface area contributed by atoms with Crippen LogP contribution in [0.5, 0.6) is 0 Å². The quantitative estimate of drug-likeness (QED) is 0.877. The summed E-state index contributed by atoms with van der Waals surface area (Å²) in [6.07, 6.45) is 4.02. The number of carbonyl (C=O) groups is 1. The molecule has 2 aromatic rings. The van der Waals surface area contributed by atoms with Crippen LogP contribution < -0.4 is 10.6 Å². The molecule has 2 N–H and O–H groups in total. The fraction of sp³-hybridized carbons (Fsp3) is 0.368. The number of nitrogens with zero attached hydrogens (tertiary/aromatic N) is 1. The summed E-state index contributed by atoms with van der Waals surface area (Å²) in [5, 5.41) is 6.23. The summed E-state index contributed by atoms with van der Waals surface area (Å²) in [6.45, 7) is 4.88. The summed E-state index contributed by atoms with van der Waals surface area (Å²) in [7, 11) is 0. The minimum absolute atomic E-state index is 0.0952. The summed E-state index contributed by atoms with van der Waals surface area (Å²) in [5.41, 5.74) is 4.23. The number of anilines is 3. The summed E-state index contributed by atoms with van der Waals surface area (Å²) in [6, 6.07) is 9.99. The van der Waals surface area contributed by atoms with Crippen LogP contribution in [0.25, 0.3) is 0 Å². The first kappa shape index (κ1) is 16.5. The summed E-state index contributed by atoms with van der Waals surface area (Å²) >= 11 is 0. The van der Waals surface area contributed by atoms with Crippen molar-refractivity contribution in [2.24, 2.45) is 0 Å². The van der Waals surface area contributed by atoms with Crippen LogP contribution in [0.2, 0.25) is 0 Å². The minimum atomic E-state index is -0.332. The molecule has 1 atom stereocenters. The van der Waals surface area contributed by atoms with Crippen LogP contribution in [-0.2, 0) is 16.0 Å². The topological polar surface area (TPSA) is 63.2 Å². The van der Waals surface area contributed by atoms with Crippen LogP contribution >= 0.6 is 0 Å². The number of carbonyl (C=O) groups excluding carboxylic acids is 1. The van der Waals surface area contributed by atoms with E-state index in [1.807, 2.05) is 12.1 Å². The molecule has 126 valence electrons. The first-order valence-electron chi connectivity index (χ1n) is 8.41. The number of nitrogens with one attached hydrogen (secondary N) is 2. The van der Waals surface area contributed by atoms with E-state index in [0.29, 0.717) is 12.3 Å². The van der Waals surface area contributed by atoms with Crippen molar-refractivity contribution < 1.29 is 9.53 Å². The number of hydrogen-bond acceptors (Lipinski definition) is 4. The van der Waals surface area contributed by atoms with Gasteiger partial charge in [0.1, 0.15) is 11.9 Å². The molecule has 1 saturated heterocycles. The van der Waals surface area contributed by atoms with Crippen LogP contribution in [0, 0.1) is 6.92 Å². The molecular formula is C19H23N3O2. The van der Waals surface area contributed by atoms with Crippen molar-refractivity contribution in [1.82, 2.24) is 4.98 Å². The van der Waals surface area contributed by atoms with E-state index in [1.165, 1.54) is 11.1 Å². The molecule has 1 aromatic heterocycles.